The monoisotopic (exact) mass is 469 g/mol. The number of furan rings is 1. The molecule has 2 aromatic rings. The van der Waals surface area contributed by atoms with E-state index in [2.05, 4.69) is 14.9 Å². The zero-order chi connectivity index (χ0) is 23.5. The van der Waals surface area contributed by atoms with Crippen molar-refractivity contribution in [1.82, 2.24) is 19.8 Å². The molecule has 3 aliphatic rings. The Morgan fingerprint density at radius 3 is 2.12 bits per heavy atom. The number of hydrogen-bond donors (Lipinski definition) is 0. The minimum Gasteiger partial charge on any atom is -0.459 e. The summed E-state index contributed by atoms with van der Waals surface area (Å²) >= 11 is 0. The normalized spacial score (nSPS) is 20.5. The van der Waals surface area contributed by atoms with Gasteiger partial charge in [0.15, 0.2) is 5.76 Å². The molecule has 34 heavy (non-hydrogen) atoms. The van der Waals surface area contributed by atoms with Crippen LogP contribution in [0.15, 0.2) is 29.1 Å². The van der Waals surface area contributed by atoms with Gasteiger partial charge in [-0.2, -0.15) is 0 Å². The molecule has 1 amide bonds. The first-order chi connectivity index (χ1) is 16.6. The molecule has 0 atom stereocenters. The molecule has 0 spiro atoms. The quantitative estimate of drug-likeness (QED) is 0.481. The van der Waals surface area contributed by atoms with Crippen LogP contribution in [0.25, 0.3) is 0 Å². The topological polar surface area (TPSA) is 112 Å². The number of amides is 1. The van der Waals surface area contributed by atoms with Crippen molar-refractivity contribution in [3.63, 3.8) is 0 Å². The van der Waals surface area contributed by atoms with Crippen molar-refractivity contribution >= 4 is 23.2 Å². The molecule has 11 nitrogen and oxygen atoms in total. The maximum absolute atomic E-state index is 12.5. The fourth-order valence-corrected chi connectivity index (χ4v) is 5.41. The highest BCUT2D eigenvalue weighted by Crippen LogP contribution is 2.35. The smallest absolute Gasteiger partial charge is 0.353 e. The lowest BCUT2D eigenvalue weighted by molar-refractivity contribution is -0.383. The standard InChI is InChI=1S/C23H31N7O4/c31-23(19-7-4-16-34-19)29-14-12-28(13-15-29)22-20(30(32)33)21(24-17-25-22)27-10-8-26(9-11-27)18-5-2-1-3-6-18/h4,7,16-18H,1-3,5-6,8-15H2. The van der Waals surface area contributed by atoms with Gasteiger partial charge in [0.25, 0.3) is 5.91 Å². The fourth-order valence-electron chi connectivity index (χ4n) is 5.41. The number of nitro groups is 1. The third kappa shape index (κ3) is 4.56. The molecule has 0 unspecified atom stereocenters. The van der Waals surface area contributed by atoms with E-state index in [4.69, 9.17) is 4.42 Å². The van der Waals surface area contributed by atoms with Gasteiger partial charge in [0.2, 0.25) is 11.6 Å². The highest BCUT2D eigenvalue weighted by Gasteiger charge is 2.34. The van der Waals surface area contributed by atoms with Crippen LogP contribution < -0.4 is 9.80 Å². The van der Waals surface area contributed by atoms with Crippen LogP contribution in [-0.2, 0) is 0 Å². The van der Waals surface area contributed by atoms with Gasteiger partial charge >= 0.3 is 5.69 Å². The van der Waals surface area contributed by atoms with Gasteiger partial charge in [-0.3, -0.25) is 19.8 Å². The summed E-state index contributed by atoms with van der Waals surface area (Å²) in [6.07, 6.45) is 9.34. The number of carbonyl (C=O) groups excluding carboxylic acids is 1. The second-order valence-electron chi connectivity index (χ2n) is 9.20. The molecule has 2 aromatic heterocycles. The van der Waals surface area contributed by atoms with E-state index in [1.165, 1.54) is 44.7 Å². The lowest BCUT2D eigenvalue weighted by Crippen LogP contribution is -2.51. The molecule has 2 saturated heterocycles. The van der Waals surface area contributed by atoms with E-state index >= 15 is 0 Å². The van der Waals surface area contributed by atoms with Crippen LogP contribution in [0.2, 0.25) is 0 Å². The van der Waals surface area contributed by atoms with E-state index in [1.807, 2.05) is 9.80 Å². The van der Waals surface area contributed by atoms with Crippen LogP contribution in [0, 0.1) is 10.1 Å². The van der Waals surface area contributed by atoms with Gasteiger partial charge in [0.05, 0.1) is 11.2 Å². The summed E-state index contributed by atoms with van der Waals surface area (Å²) < 4.78 is 5.22. The van der Waals surface area contributed by atoms with Crippen molar-refractivity contribution < 1.29 is 14.1 Å². The van der Waals surface area contributed by atoms with Crippen LogP contribution in [0.3, 0.4) is 0 Å². The Morgan fingerprint density at radius 2 is 1.56 bits per heavy atom. The molecule has 3 fully saturated rings. The average molecular weight is 470 g/mol. The summed E-state index contributed by atoms with van der Waals surface area (Å²) in [6, 6.07) is 3.97. The predicted molar refractivity (Wildman–Crippen MR) is 126 cm³/mol. The van der Waals surface area contributed by atoms with Crippen molar-refractivity contribution in [3.05, 3.63) is 40.6 Å². The first-order valence-electron chi connectivity index (χ1n) is 12.2. The van der Waals surface area contributed by atoms with E-state index in [0.29, 0.717) is 49.6 Å². The van der Waals surface area contributed by atoms with Crippen LogP contribution in [0.5, 0.6) is 0 Å². The number of aromatic nitrogens is 2. The van der Waals surface area contributed by atoms with Crippen molar-refractivity contribution in [2.24, 2.45) is 0 Å². The number of rotatable bonds is 5. The molecule has 0 radical (unpaired) electrons. The number of carbonyl (C=O) groups is 1. The molecule has 0 bridgehead atoms. The molecule has 5 rings (SSSR count). The summed E-state index contributed by atoms with van der Waals surface area (Å²) in [5.41, 5.74) is -0.0422. The SMILES string of the molecule is O=C(c1ccco1)N1CCN(c2ncnc(N3CCN(C4CCCCC4)CC3)c2[N+](=O)[O-])CC1. The zero-order valence-electron chi connectivity index (χ0n) is 19.3. The van der Waals surface area contributed by atoms with Crippen molar-refractivity contribution in [1.29, 1.82) is 0 Å². The van der Waals surface area contributed by atoms with Crippen molar-refractivity contribution in [3.8, 4) is 0 Å². The van der Waals surface area contributed by atoms with Gasteiger partial charge in [0.1, 0.15) is 6.33 Å². The summed E-state index contributed by atoms with van der Waals surface area (Å²) in [5.74, 6) is 0.858. The first-order valence-corrected chi connectivity index (χ1v) is 12.2. The predicted octanol–water partition coefficient (Wildman–Crippen LogP) is 2.39. The van der Waals surface area contributed by atoms with Gasteiger partial charge in [-0.05, 0) is 25.0 Å². The number of piperazine rings is 2. The maximum Gasteiger partial charge on any atom is 0.353 e. The van der Waals surface area contributed by atoms with Crippen LogP contribution in [-0.4, -0.2) is 89.0 Å². The van der Waals surface area contributed by atoms with Gasteiger partial charge < -0.3 is 19.1 Å². The Balaban J connectivity index is 1.27. The minimum atomic E-state index is -0.363. The molecule has 0 N–H and O–H groups in total. The molecule has 1 saturated carbocycles. The highest BCUT2D eigenvalue weighted by molar-refractivity contribution is 5.91. The minimum absolute atomic E-state index is 0.0422. The molecule has 0 aromatic carbocycles. The molecule has 1 aliphatic carbocycles. The van der Waals surface area contributed by atoms with Gasteiger partial charge in [-0.25, -0.2) is 9.97 Å². The number of hydrogen-bond acceptors (Lipinski definition) is 9. The van der Waals surface area contributed by atoms with Crippen LogP contribution >= 0.6 is 0 Å². The van der Waals surface area contributed by atoms with Gasteiger partial charge in [-0.15, -0.1) is 0 Å². The summed E-state index contributed by atoms with van der Waals surface area (Å²) in [6.45, 7) is 5.03. The second kappa shape index (κ2) is 9.96. The maximum atomic E-state index is 12.5. The van der Waals surface area contributed by atoms with Gasteiger partial charge in [-0.1, -0.05) is 19.3 Å². The third-order valence-corrected chi connectivity index (χ3v) is 7.27. The van der Waals surface area contributed by atoms with Gasteiger partial charge in [0, 0.05) is 58.4 Å². The highest BCUT2D eigenvalue weighted by atomic mass is 16.6. The molecular weight excluding hydrogens is 438 g/mol. The number of nitrogens with zero attached hydrogens (tertiary/aromatic N) is 7. The largest absolute Gasteiger partial charge is 0.459 e. The Hall–Kier alpha value is -3.21. The van der Waals surface area contributed by atoms with Crippen molar-refractivity contribution in [2.75, 3.05) is 62.2 Å². The molecular formula is C23H31N7O4. The van der Waals surface area contributed by atoms with Crippen molar-refractivity contribution in [2.45, 2.75) is 38.1 Å². The molecule has 182 valence electrons. The van der Waals surface area contributed by atoms with E-state index in [-0.39, 0.29) is 16.5 Å². The summed E-state index contributed by atoms with van der Waals surface area (Å²) in [5, 5.41) is 12.2. The van der Waals surface area contributed by atoms with E-state index in [9.17, 15) is 14.9 Å². The molecule has 11 heteroatoms. The van der Waals surface area contributed by atoms with E-state index in [0.717, 1.165) is 26.2 Å². The van der Waals surface area contributed by atoms with E-state index < -0.39 is 0 Å². The Kier molecular flexibility index (Phi) is 6.61. The Bertz CT molecular complexity index is 993. The number of anilines is 2. The lowest BCUT2D eigenvalue weighted by Gasteiger charge is -2.41. The molecule has 2 aliphatic heterocycles. The summed E-state index contributed by atoms with van der Waals surface area (Å²) in [4.78, 5) is 41.1. The molecule has 4 heterocycles. The second-order valence-corrected chi connectivity index (χ2v) is 9.20. The fraction of sp³-hybridized carbons (Fsp3) is 0.609. The van der Waals surface area contributed by atoms with Crippen LogP contribution in [0.1, 0.15) is 42.7 Å². The van der Waals surface area contributed by atoms with Crippen LogP contribution in [0.4, 0.5) is 17.3 Å². The first kappa shape index (κ1) is 22.6. The van der Waals surface area contributed by atoms with E-state index in [1.54, 1.807) is 17.0 Å². The zero-order valence-corrected chi connectivity index (χ0v) is 19.3. The third-order valence-electron chi connectivity index (χ3n) is 7.27. The summed E-state index contributed by atoms with van der Waals surface area (Å²) in [7, 11) is 0. The average Bonchev–Trinajstić information content (AvgIpc) is 3.44. The lowest BCUT2D eigenvalue weighted by atomic mass is 9.94. The Labute approximate surface area is 198 Å². The Morgan fingerprint density at radius 1 is 0.941 bits per heavy atom.